The molecule has 0 radical (unpaired) electrons. The summed E-state index contributed by atoms with van der Waals surface area (Å²) in [5.74, 6) is 1.30. The van der Waals surface area contributed by atoms with Gasteiger partial charge in [-0.2, -0.15) is 10.2 Å². The summed E-state index contributed by atoms with van der Waals surface area (Å²) < 4.78 is 0. The van der Waals surface area contributed by atoms with E-state index < -0.39 is 0 Å². The van der Waals surface area contributed by atoms with Gasteiger partial charge in [0.15, 0.2) is 0 Å². The largest absolute Gasteiger partial charge is 0.159 e. The Bertz CT molecular complexity index is 230. The van der Waals surface area contributed by atoms with Crippen LogP contribution in [0, 0.1) is 0 Å². The van der Waals surface area contributed by atoms with Gasteiger partial charge in [0.25, 0.3) is 0 Å². The van der Waals surface area contributed by atoms with Crippen molar-refractivity contribution in [1.82, 2.24) is 10.2 Å². The van der Waals surface area contributed by atoms with E-state index in [0.717, 1.165) is 0 Å². The lowest BCUT2D eigenvalue weighted by Gasteiger charge is -2.32. The first-order valence-electron chi connectivity index (χ1n) is 3.62. The molecule has 52 valence electrons. The average molecular weight is 134 g/mol. The molecule has 2 nitrogen and oxygen atoms in total. The summed E-state index contributed by atoms with van der Waals surface area (Å²) in [7, 11) is 0. The van der Waals surface area contributed by atoms with Crippen molar-refractivity contribution in [3.63, 3.8) is 0 Å². The number of fused-ring (bicyclic) bond motifs is 1. The molecule has 1 aromatic rings. The van der Waals surface area contributed by atoms with Gasteiger partial charge in [-0.25, -0.2) is 0 Å². The fourth-order valence-corrected chi connectivity index (χ4v) is 1.50. The van der Waals surface area contributed by atoms with Gasteiger partial charge >= 0.3 is 0 Å². The Balaban J connectivity index is 2.50. The third-order valence-electron chi connectivity index (χ3n) is 2.45. The standard InChI is InChI=1S/C8H10N2/c1-5-6(2)8-7(5)3-4-9-10-8/h3-6H,1-2H3. The van der Waals surface area contributed by atoms with E-state index in [2.05, 4.69) is 30.1 Å². The summed E-state index contributed by atoms with van der Waals surface area (Å²) >= 11 is 0. The summed E-state index contributed by atoms with van der Waals surface area (Å²) in [6.07, 6.45) is 1.77. The smallest absolute Gasteiger partial charge is 0.0700 e. The number of rotatable bonds is 0. The topological polar surface area (TPSA) is 25.8 Å². The number of aromatic nitrogens is 2. The summed E-state index contributed by atoms with van der Waals surface area (Å²) in [4.78, 5) is 0. The molecular weight excluding hydrogens is 124 g/mol. The first kappa shape index (κ1) is 5.83. The predicted molar refractivity (Wildman–Crippen MR) is 38.9 cm³/mol. The van der Waals surface area contributed by atoms with E-state index in [1.807, 2.05) is 0 Å². The first-order chi connectivity index (χ1) is 4.80. The van der Waals surface area contributed by atoms with E-state index >= 15 is 0 Å². The molecule has 2 unspecified atom stereocenters. The Labute approximate surface area is 60.3 Å². The highest BCUT2D eigenvalue weighted by atomic mass is 15.1. The van der Waals surface area contributed by atoms with Crippen LogP contribution in [0.25, 0.3) is 0 Å². The predicted octanol–water partition coefficient (Wildman–Crippen LogP) is 1.70. The molecular formula is C8H10N2. The highest BCUT2D eigenvalue weighted by molar-refractivity contribution is 5.36. The Hall–Kier alpha value is -0.920. The minimum atomic E-state index is 0.615. The third-order valence-corrected chi connectivity index (χ3v) is 2.45. The van der Waals surface area contributed by atoms with E-state index in [0.29, 0.717) is 11.8 Å². The Kier molecular flexibility index (Phi) is 1.04. The van der Waals surface area contributed by atoms with Crippen molar-refractivity contribution in [3.8, 4) is 0 Å². The molecule has 0 bridgehead atoms. The maximum atomic E-state index is 4.05. The highest BCUT2D eigenvalue weighted by Gasteiger charge is 2.31. The van der Waals surface area contributed by atoms with Crippen LogP contribution in [-0.2, 0) is 0 Å². The molecule has 1 heterocycles. The molecule has 0 saturated heterocycles. The van der Waals surface area contributed by atoms with Gasteiger partial charge in [0.2, 0.25) is 0 Å². The lowest BCUT2D eigenvalue weighted by Crippen LogP contribution is -2.21. The van der Waals surface area contributed by atoms with Gasteiger partial charge in [0.05, 0.1) is 5.69 Å². The van der Waals surface area contributed by atoms with Crippen molar-refractivity contribution >= 4 is 0 Å². The van der Waals surface area contributed by atoms with Crippen molar-refractivity contribution in [3.05, 3.63) is 23.5 Å². The minimum absolute atomic E-state index is 0.615. The van der Waals surface area contributed by atoms with Crippen LogP contribution >= 0.6 is 0 Å². The van der Waals surface area contributed by atoms with Crippen LogP contribution in [-0.4, -0.2) is 10.2 Å². The Morgan fingerprint density at radius 3 is 2.80 bits per heavy atom. The number of hydrogen-bond acceptors (Lipinski definition) is 2. The van der Waals surface area contributed by atoms with Crippen LogP contribution in [0.3, 0.4) is 0 Å². The van der Waals surface area contributed by atoms with E-state index in [4.69, 9.17) is 0 Å². The lowest BCUT2D eigenvalue weighted by molar-refractivity contribution is 0.510. The molecule has 0 aromatic carbocycles. The summed E-state index contributed by atoms with van der Waals surface area (Å²) in [6, 6.07) is 2.06. The molecule has 2 atom stereocenters. The van der Waals surface area contributed by atoms with Crippen LogP contribution in [0.15, 0.2) is 12.3 Å². The van der Waals surface area contributed by atoms with Gasteiger partial charge in [-0.3, -0.25) is 0 Å². The Morgan fingerprint density at radius 2 is 2.10 bits per heavy atom. The van der Waals surface area contributed by atoms with Crippen molar-refractivity contribution in [2.75, 3.05) is 0 Å². The van der Waals surface area contributed by atoms with Crippen molar-refractivity contribution < 1.29 is 0 Å². The molecule has 2 rings (SSSR count). The van der Waals surface area contributed by atoms with E-state index in [1.165, 1.54) is 11.3 Å². The zero-order valence-electron chi connectivity index (χ0n) is 6.20. The molecule has 1 aromatic heterocycles. The van der Waals surface area contributed by atoms with Gasteiger partial charge in [0.1, 0.15) is 0 Å². The summed E-state index contributed by atoms with van der Waals surface area (Å²) in [5.41, 5.74) is 2.57. The van der Waals surface area contributed by atoms with Gasteiger partial charge in [-0.05, 0) is 17.5 Å². The van der Waals surface area contributed by atoms with Crippen LogP contribution in [0.5, 0.6) is 0 Å². The average Bonchev–Trinajstić information content (AvgIpc) is 2.03. The van der Waals surface area contributed by atoms with E-state index in [1.54, 1.807) is 6.20 Å². The molecule has 1 aliphatic rings. The normalized spacial score (nSPS) is 29.0. The summed E-state index contributed by atoms with van der Waals surface area (Å²) in [6.45, 7) is 4.43. The van der Waals surface area contributed by atoms with Gasteiger partial charge in [0, 0.05) is 12.1 Å². The molecule has 1 aliphatic carbocycles. The quantitative estimate of drug-likeness (QED) is 0.539. The van der Waals surface area contributed by atoms with E-state index in [9.17, 15) is 0 Å². The van der Waals surface area contributed by atoms with Crippen LogP contribution < -0.4 is 0 Å². The zero-order valence-corrected chi connectivity index (χ0v) is 6.20. The minimum Gasteiger partial charge on any atom is -0.159 e. The SMILES string of the molecule is CC1c2ccnnc2C1C. The zero-order chi connectivity index (χ0) is 7.14. The van der Waals surface area contributed by atoms with Gasteiger partial charge in [-0.1, -0.05) is 13.8 Å². The van der Waals surface area contributed by atoms with Crippen molar-refractivity contribution in [2.45, 2.75) is 25.7 Å². The van der Waals surface area contributed by atoms with Crippen molar-refractivity contribution in [1.29, 1.82) is 0 Å². The van der Waals surface area contributed by atoms with E-state index in [-0.39, 0.29) is 0 Å². The Morgan fingerprint density at radius 1 is 1.30 bits per heavy atom. The fraction of sp³-hybridized carbons (Fsp3) is 0.500. The molecule has 0 fully saturated rings. The lowest BCUT2D eigenvalue weighted by atomic mass is 9.74. The molecule has 0 spiro atoms. The molecule has 2 heteroatoms. The molecule has 0 saturated carbocycles. The van der Waals surface area contributed by atoms with Crippen LogP contribution in [0.1, 0.15) is 36.9 Å². The highest BCUT2D eigenvalue weighted by Crippen LogP contribution is 2.43. The first-order valence-corrected chi connectivity index (χ1v) is 3.62. The monoisotopic (exact) mass is 134 g/mol. The number of hydrogen-bond donors (Lipinski definition) is 0. The second kappa shape index (κ2) is 1.78. The third kappa shape index (κ3) is 0.537. The van der Waals surface area contributed by atoms with Crippen molar-refractivity contribution in [2.24, 2.45) is 0 Å². The molecule has 10 heavy (non-hydrogen) atoms. The number of nitrogens with zero attached hydrogens (tertiary/aromatic N) is 2. The van der Waals surface area contributed by atoms with Crippen LogP contribution in [0.4, 0.5) is 0 Å². The van der Waals surface area contributed by atoms with Crippen LogP contribution in [0.2, 0.25) is 0 Å². The summed E-state index contributed by atoms with van der Waals surface area (Å²) in [5, 5.41) is 7.88. The maximum Gasteiger partial charge on any atom is 0.0700 e. The molecule has 0 N–H and O–H groups in total. The second-order valence-corrected chi connectivity index (χ2v) is 2.95. The molecule has 0 amide bonds. The van der Waals surface area contributed by atoms with Gasteiger partial charge in [-0.15, -0.1) is 0 Å². The van der Waals surface area contributed by atoms with Gasteiger partial charge < -0.3 is 0 Å². The fourth-order valence-electron chi connectivity index (χ4n) is 1.50. The second-order valence-electron chi connectivity index (χ2n) is 2.95. The maximum absolute atomic E-state index is 4.05. The molecule has 0 aliphatic heterocycles.